The lowest BCUT2D eigenvalue weighted by atomic mass is 10.1. The summed E-state index contributed by atoms with van der Waals surface area (Å²) >= 11 is 0. The first-order valence-corrected chi connectivity index (χ1v) is 7.62. The summed E-state index contributed by atoms with van der Waals surface area (Å²) < 4.78 is 0. The van der Waals surface area contributed by atoms with Gasteiger partial charge in [0.25, 0.3) is 5.69 Å². The lowest BCUT2D eigenvalue weighted by Gasteiger charge is -2.22. The Morgan fingerprint density at radius 1 is 1.24 bits per heavy atom. The summed E-state index contributed by atoms with van der Waals surface area (Å²) in [6.07, 6.45) is 5.38. The van der Waals surface area contributed by atoms with Crippen LogP contribution in [0.25, 0.3) is 0 Å². The van der Waals surface area contributed by atoms with E-state index in [-0.39, 0.29) is 5.69 Å². The molecule has 0 radical (unpaired) electrons. The van der Waals surface area contributed by atoms with E-state index in [9.17, 15) is 10.1 Å². The maximum Gasteiger partial charge on any atom is 0.293 e. The Bertz CT molecular complexity index is 512. The van der Waals surface area contributed by atoms with Crippen molar-refractivity contribution in [3.63, 3.8) is 0 Å². The molecule has 0 saturated heterocycles. The van der Waals surface area contributed by atoms with Gasteiger partial charge in [0.05, 0.1) is 4.92 Å². The zero-order chi connectivity index (χ0) is 14.8. The number of nitrogen functional groups attached to an aromatic ring is 1. The fourth-order valence-electron chi connectivity index (χ4n) is 2.75. The third kappa shape index (κ3) is 3.92. The minimum atomic E-state index is -0.412. The van der Waals surface area contributed by atoms with E-state index in [0.29, 0.717) is 5.69 Å². The number of hydrazine groups is 1. The number of nitro benzene ring substituents is 1. The van der Waals surface area contributed by atoms with Gasteiger partial charge in [0.2, 0.25) is 0 Å². The molecule has 2 aliphatic carbocycles. The molecule has 6 nitrogen and oxygen atoms in total. The Hall–Kier alpha value is -1.66. The van der Waals surface area contributed by atoms with Crippen molar-refractivity contribution in [1.29, 1.82) is 0 Å². The predicted molar refractivity (Wildman–Crippen MR) is 81.6 cm³/mol. The largest absolute Gasteiger partial charge is 0.318 e. The van der Waals surface area contributed by atoms with Crippen LogP contribution in [0.15, 0.2) is 18.2 Å². The zero-order valence-corrected chi connectivity index (χ0v) is 12.1. The molecule has 0 unspecified atom stereocenters. The third-order valence-corrected chi connectivity index (χ3v) is 4.25. The van der Waals surface area contributed by atoms with Crippen LogP contribution in [0.3, 0.4) is 0 Å². The van der Waals surface area contributed by atoms with Gasteiger partial charge in [0.1, 0.15) is 5.69 Å². The highest BCUT2D eigenvalue weighted by Crippen LogP contribution is 2.34. The standard InChI is InChI=1S/C15H22N4O2/c16-17-14-7-13(5-6-15(14)19(20)21)10-18(8-11-1-2-11)9-12-3-4-12/h5-7,11-12,17H,1-4,8-10,16H2. The van der Waals surface area contributed by atoms with E-state index in [1.165, 1.54) is 31.7 Å². The highest BCUT2D eigenvalue weighted by atomic mass is 16.6. The smallest absolute Gasteiger partial charge is 0.293 e. The first-order chi connectivity index (χ1) is 10.2. The van der Waals surface area contributed by atoms with Gasteiger partial charge in [-0.25, -0.2) is 0 Å². The molecule has 114 valence electrons. The molecule has 2 aliphatic rings. The number of nitro groups is 1. The molecule has 0 spiro atoms. The number of hydrogen-bond donors (Lipinski definition) is 2. The summed E-state index contributed by atoms with van der Waals surface area (Å²) in [5, 5.41) is 10.9. The molecule has 2 fully saturated rings. The van der Waals surface area contributed by atoms with Gasteiger partial charge in [-0.15, -0.1) is 0 Å². The molecule has 3 rings (SSSR count). The normalized spacial score (nSPS) is 18.0. The van der Waals surface area contributed by atoms with E-state index < -0.39 is 4.92 Å². The molecule has 1 aromatic carbocycles. The van der Waals surface area contributed by atoms with Gasteiger partial charge in [-0.05, 0) is 49.1 Å². The molecular weight excluding hydrogens is 268 g/mol. The second kappa shape index (κ2) is 5.99. The number of nitrogens with one attached hydrogen (secondary N) is 1. The highest BCUT2D eigenvalue weighted by Gasteiger charge is 2.29. The van der Waals surface area contributed by atoms with Crippen molar-refractivity contribution < 1.29 is 4.92 Å². The molecule has 21 heavy (non-hydrogen) atoms. The fourth-order valence-corrected chi connectivity index (χ4v) is 2.75. The van der Waals surface area contributed by atoms with Crippen molar-refractivity contribution in [1.82, 2.24) is 4.90 Å². The predicted octanol–water partition coefficient (Wildman–Crippen LogP) is 2.50. The van der Waals surface area contributed by atoms with Crippen molar-refractivity contribution in [2.24, 2.45) is 17.7 Å². The molecule has 0 aromatic heterocycles. The summed E-state index contributed by atoms with van der Waals surface area (Å²) in [6.45, 7) is 3.15. The van der Waals surface area contributed by atoms with Crippen LogP contribution in [-0.4, -0.2) is 22.9 Å². The Balaban J connectivity index is 1.69. The summed E-state index contributed by atoms with van der Waals surface area (Å²) in [5.74, 6) is 7.11. The van der Waals surface area contributed by atoms with Crippen LogP contribution in [0.4, 0.5) is 11.4 Å². The van der Waals surface area contributed by atoms with Crippen LogP contribution >= 0.6 is 0 Å². The molecule has 0 aliphatic heterocycles. The van der Waals surface area contributed by atoms with Crippen LogP contribution < -0.4 is 11.3 Å². The van der Waals surface area contributed by atoms with E-state index in [2.05, 4.69) is 10.3 Å². The average molecular weight is 290 g/mol. The Morgan fingerprint density at radius 3 is 2.33 bits per heavy atom. The van der Waals surface area contributed by atoms with Crippen molar-refractivity contribution in [2.75, 3.05) is 18.5 Å². The Labute approximate surface area is 124 Å². The first kappa shape index (κ1) is 14.3. The SMILES string of the molecule is NNc1cc(CN(CC2CC2)CC2CC2)ccc1[N+](=O)[O-]. The van der Waals surface area contributed by atoms with Gasteiger partial charge in [0, 0.05) is 25.7 Å². The van der Waals surface area contributed by atoms with Crippen LogP contribution in [0.5, 0.6) is 0 Å². The molecule has 6 heteroatoms. The minimum absolute atomic E-state index is 0.0252. The van der Waals surface area contributed by atoms with E-state index in [1.54, 1.807) is 6.07 Å². The number of nitrogens with two attached hydrogens (primary N) is 1. The van der Waals surface area contributed by atoms with Crippen LogP contribution in [-0.2, 0) is 6.54 Å². The van der Waals surface area contributed by atoms with Crippen LogP contribution in [0.1, 0.15) is 31.2 Å². The van der Waals surface area contributed by atoms with Gasteiger partial charge in [-0.1, -0.05) is 6.07 Å². The zero-order valence-electron chi connectivity index (χ0n) is 12.1. The maximum atomic E-state index is 10.9. The van der Waals surface area contributed by atoms with Gasteiger partial charge in [-0.3, -0.25) is 20.9 Å². The van der Waals surface area contributed by atoms with Crippen molar-refractivity contribution in [2.45, 2.75) is 32.2 Å². The van der Waals surface area contributed by atoms with Gasteiger partial charge >= 0.3 is 0 Å². The number of nitrogens with zero attached hydrogens (tertiary/aromatic N) is 2. The molecule has 2 saturated carbocycles. The summed E-state index contributed by atoms with van der Waals surface area (Å²) in [5.41, 5.74) is 3.92. The number of benzene rings is 1. The summed E-state index contributed by atoms with van der Waals surface area (Å²) in [4.78, 5) is 13.0. The minimum Gasteiger partial charge on any atom is -0.318 e. The second-order valence-corrected chi connectivity index (χ2v) is 6.33. The average Bonchev–Trinajstić information content (AvgIpc) is 3.34. The van der Waals surface area contributed by atoms with Gasteiger partial charge < -0.3 is 5.43 Å². The van der Waals surface area contributed by atoms with Crippen molar-refractivity contribution in [3.05, 3.63) is 33.9 Å². The van der Waals surface area contributed by atoms with Gasteiger partial charge in [-0.2, -0.15) is 0 Å². The molecule has 0 bridgehead atoms. The van der Waals surface area contributed by atoms with E-state index in [1.807, 2.05) is 6.07 Å². The lowest BCUT2D eigenvalue weighted by molar-refractivity contribution is -0.384. The van der Waals surface area contributed by atoms with E-state index in [4.69, 9.17) is 5.84 Å². The number of hydrogen-bond acceptors (Lipinski definition) is 5. The number of rotatable bonds is 8. The van der Waals surface area contributed by atoms with Crippen molar-refractivity contribution >= 4 is 11.4 Å². The topological polar surface area (TPSA) is 84.4 Å². The van der Waals surface area contributed by atoms with E-state index >= 15 is 0 Å². The fraction of sp³-hybridized carbons (Fsp3) is 0.600. The summed E-state index contributed by atoms with van der Waals surface area (Å²) in [7, 11) is 0. The first-order valence-electron chi connectivity index (χ1n) is 7.62. The second-order valence-electron chi connectivity index (χ2n) is 6.33. The maximum absolute atomic E-state index is 10.9. The van der Waals surface area contributed by atoms with Crippen LogP contribution in [0.2, 0.25) is 0 Å². The van der Waals surface area contributed by atoms with E-state index in [0.717, 1.165) is 37.0 Å². The lowest BCUT2D eigenvalue weighted by Crippen LogP contribution is -2.28. The molecule has 0 atom stereocenters. The molecular formula is C15H22N4O2. The summed E-state index contributed by atoms with van der Waals surface area (Å²) in [6, 6.07) is 5.17. The third-order valence-electron chi connectivity index (χ3n) is 4.25. The quantitative estimate of drug-likeness (QED) is 0.436. The Morgan fingerprint density at radius 2 is 1.86 bits per heavy atom. The monoisotopic (exact) mass is 290 g/mol. The molecule has 0 heterocycles. The molecule has 3 N–H and O–H groups in total. The number of anilines is 1. The molecule has 0 amide bonds. The van der Waals surface area contributed by atoms with Crippen LogP contribution in [0, 0.1) is 22.0 Å². The van der Waals surface area contributed by atoms with Gasteiger partial charge in [0.15, 0.2) is 0 Å². The molecule has 1 aromatic rings. The highest BCUT2D eigenvalue weighted by molar-refractivity contribution is 5.62. The Kier molecular flexibility index (Phi) is 4.07. The van der Waals surface area contributed by atoms with Crippen molar-refractivity contribution in [3.8, 4) is 0 Å².